The summed E-state index contributed by atoms with van der Waals surface area (Å²) in [7, 11) is 0. The lowest BCUT2D eigenvalue weighted by atomic mass is 10.1. The van der Waals surface area contributed by atoms with Crippen molar-refractivity contribution in [3.63, 3.8) is 0 Å². The summed E-state index contributed by atoms with van der Waals surface area (Å²) in [5.41, 5.74) is 4.24. The Balaban J connectivity index is 1.35. The molecule has 0 spiro atoms. The molecule has 0 unspecified atom stereocenters. The van der Waals surface area contributed by atoms with Gasteiger partial charge in [-0.2, -0.15) is 5.10 Å². The number of hydrogen-bond donors (Lipinski definition) is 2. The monoisotopic (exact) mass is 586 g/mol. The maximum Gasteiger partial charge on any atom is 0.343 e. The van der Waals surface area contributed by atoms with E-state index in [2.05, 4.69) is 15.8 Å². The summed E-state index contributed by atoms with van der Waals surface area (Å²) < 4.78 is 11.0. The SMILES string of the molecule is CCOc1cc(/C=N\NC(=O)c2ccc(NC(=O)c3ccc(Cl)cc3)cc2)ccc1OC(=O)c1ccc([N+](=O)[O-])cc1. The number of esters is 1. The van der Waals surface area contributed by atoms with E-state index in [1.807, 2.05) is 0 Å². The van der Waals surface area contributed by atoms with E-state index in [-0.39, 0.29) is 35.3 Å². The summed E-state index contributed by atoms with van der Waals surface area (Å²) in [6, 6.07) is 22.5. The second-order valence-electron chi connectivity index (χ2n) is 8.57. The predicted molar refractivity (Wildman–Crippen MR) is 157 cm³/mol. The highest BCUT2D eigenvalue weighted by Crippen LogP contribution is 2.29. The van der Waals surface area contributed by atoms with Crippen LogP contribution in [0.2, 0.25) is 5.02 Å². The van der Waals surface area contributed by atoms with Crippen LogP contribution in [0.15, 0.2) is 96.1 Å². The van der Waals surface area contributed by atoms with Crippen molar-refractivity contribution in [3.05, 3.63) is 128 Å². The molecule has 0 saturated heterocycles. The first-order valence-electron chi connectivity index (χ1n) is 12.5. The number of hydrogen-bond acceptors (Lipinski definition) is 8. The summed E-state index contributed by atoms with van der Waals surface area (Å²) in [6.45, 7) is 2.05. The molecule has 2 N–H and O–H groups in total. The van der Waals surface area contributed by atoms with E-state index in [1.165, 1.54) is 36.5 Å². The van der Waals surface area contributed by atoms with Crippen LogP contribution in [-0.4, -0.2) is 35.5 Å². The minimum atomic E-state index is -0.713. The standard InChI is InChI=1S/C30H23ClN4O7/c1-2-41-27-17-19(3-16-26(27)42-30(38)22-8-14-25(15-9-22)35(39)40)18-32-34-29(37)21-6-12-24(13-7-21)33-28(36)20-4-10-23(31)11-5-20/h3-18H,2H2,1H3,(H,33,36)(H,34,37)/b32-18-. The summed E-state index contributed by atoms with van der Waals surface area (Å²) in [4.78, 5) is 47.6. The van der Waals surface area contributed by atoms with Crippen LogP contribution in [0, 0.1) is 10.1 Å². The number of nitrogens with one attached hydrogen (secondary N) is 2. The molecule has 4 aromatic rings. The topological polar surface area (TPSA) is 149 Å². The third-order valence-corrected chi connectivity index (χ3v) is 5.93. The molecule has 0 bridgehead atoms. The summed E-state index contributed by atoms with van der Waals surface area (Å²) in [5, 5.41) is 18.1. The molecule has 0 aromatic heterocycles. The first-order valence-corrected chi connectivity index (χ1v) is 12.8. The maximum atomic E-state index is 12.5. The Morgan fingerprint density at radius 2 is 1.48 bits per heavy atom. The molecule has 0 aliphatic carbocycles. The van der Waals surface area contributed by atoms with Crippen LogP contribution in [0.25, 0.3) is 0 Å². The molecule has 0 fully saturated rings. The van der Waals surface area contributed by atoms with E-state index in [1.54, 1.807) is 67.6 Å². The number of carbonyl (C=O) groups is 3. The Morgan fingerprint density at radius 3 is 2.12 bits per heavy atom. The van der Waals surface area contributed by atoms with Crippen LogP contribution in [0.5, 0.6) is 11.5 Å². The smallest absolute Gasteiger partial charge is 0.343 e. The van der Waals surface area contributed by atoms with E-state index in [4.69, 9.17) is 21.1 Å². The highest BCUT2D eigenvalue weighted by atomic mass is 35.5. The van der Waals surface area contributed by atoms with Crippen LogP contribution < -0.4 is 20.2 Å². The van der Waals surface area contributed by atoms with Gasteiger partial charge in [0.15, 0.2) is 11.5 Å². The Labute approximate surface area is 244 Å². The van der Waals surface area contributed by atoms with Crippen LogP contribution in [0.4, 0.5) is 11.4 Å². The Kier molecular flexibility index (Phi) is 9.59. The van der Waals surface area contributed by atoms with Crippen molar-refractivity contribution in [3.8, 4) is 11.5 Å². The summed E-state index contributed by atoms with van der Waals surface area (Å²) >= 11 is 5.85. The minimum Gasteiger partial charge on any atom is -0.490 e. The van der Waals surface area contributed by atoms with E-state index < -0.39 is 16.8 Å². The first-order chi connectivity index (χ1) is 20.2. The molecule has 0 atom stereocenters. The number of hydrazone groups is 1. The van der Waals surface area contributed by atoms with Crippen LogP contribution >= 0.6 is 11.6 Å². The van der Waals surface area contributed by atoms with Gasteiger partial charge in [-0.1, -0.05) is 11.6 Å². The molecule has 4 rings (SSSR count). The van der Waals surface area contributed by atoms with Gasteiger partial charge in [-0.05, 0) is 91.3 Å². The number of rotatable bonds is 10. The molecule has 0 aliphatic rings. The highest BCUT2D eigenvalue weighted by Gasteiger charge is 2.15. The Morgan fingerprint density at radius 1 is 0.857 bits per heavy atom. The second-order valence-corrected chi connectivity index (χ2v) is 9.01. The third-order valence-electron chi connectivity index (χ3n) is 5.68. The second kappa shape index (κ2) is 13.7. The van der Waals surface area contributed by atoms with Crippen LogP contribution in [0.3, 0.4) is 0 Å². The third kappa shape index (κ3) is 7.77. The van der Waals surface area contributed by atoms with Crippen molar-refractivity contribution in [1.82, 2.24) is 5.43 Å². The maximum absolute atomic E-state index is 12.5. The lowest BCUT2D eigenvalue weighted by Gasteiger charge is -2.11. The number of benzene rings is 4. The lowest BCUT2D eigenvalue weighted by molar-refractivity contribution is -0.384. The van der Waals surface area contributed by atoms with Crippen molar-refractivity contribution in [2.24, 2.45) is 5.10 Å². The molecule has 0 heterocycles. The van der Waals surface area contributed by atoms with Crippen molar-refractivity contribution in [2.75, 3.05) is 11.9 Å². The van der Waals surface area contributed by atoms with E-state index >= 15 is 0 Å². The van der Waals surface area contributed by atoms with Gasteiger partial charge >= 0.3 is 5.97 Å². The quantitative estimate of drug-likeness (QED) is 0.0774. The fourth-order valence-electron chi connectivity index (χ4n) is 3.58. The Bertz CT molecular complexity index is 1640. The molecular weight excluding hydrogens is 564 g/mol. The van der Waals surface area contributed by atoms with Gasteiger partial charge < -0.3 is 14.8 Å². The van der Waals surface area contributed by atoms with Crippen molar-refractivity contribution < 1.29 is 28.8 Å². The van der Waals surface area contributed by atoms with Gasteiger partial charge in [0.25, 0.3) is 17.5 Å². The van der Waals surface area contributed by atoms with E-state index in [9.17, 15) is 24.5 Å². The largest absolute Gasteiger partial charge is 0.490 e. The number of carbonyl (C=O) groups excluding carboxylic acids is 3. The number of amides is 2. The molecule has 12 heteroatoms. The minimum absolute atomic E-state index is 0.133. The summed E-state index contributed by atoms with van der Waals surface area (Å²) in [5.74, 6) is -1.09. The van der Waals surface area contributed by atoms with Gasteiger partial charge in [-0.25, -0.2) is 10.2 Å². The van der Waals surface area contributed by atoms with Crippen LogP contribution in [0.1, 0.15) is 43.6 Å². The zero-order chi connectivity index (χ0) is 30.1. The molecule has 212 valence electrons. The molecular formula is C30H23ClN4O7. The summed E-state index contributed by atoms with van der Waals surface area (Å²) in [6.07, 6.45) is 1.39. The van der Waals surface area contributed by atoms with Crippen molar-refractivity contribution in [2.45, 2.75) is 6.92 Å². The number of nitro benzene ring substituents is 1. The average molecular weight is 587 g/mol. The lowest BCUT2D eigenvalue weighted by Crippen LogP contribution is -2.18. The normalized spacial score (nSPS) is 10.6. The van der Waals surface area contributed by atoms with E-state index in [0.29, 0.717) is 27.4 Å². The molecule has 0 saturated carbocycles. The van der Waals surface area contributed by atoms with E-state index in [0.717, 1.165) is 0 Å². The van der Waals surface area contributed by atoms with Gasteiger partial charge in [0.1, 0.15) is 0 Å². The zero-order valence-electron chi connectivity index (χ0n) is 22.1. The number of halogens is 1. The van der Waals surface area contributed by atoms with Gasteiger partial charge in [0.2, 0.25) is 0 Å². The zero-order valence-corrected chi connectivity index (χ0v) is 22.8. The number of ether oxygens (including phenoxy) is 2. The van der Waals surface area contributed by atoms with Gasteiger partial charge in [0, 0.05) is 34.0 Å². The predicted octanol–water partition coefficient (Wildman–Crippen LogP) is 5.88. The number of anilines is 1. The van der Waals surface area contributed by atoms with Crippen molar-refractivity contribution >= 4 is 47.0 Å². The molecule has 0 aliphatic heterocycles. The molecule has 42 heavy (non-hydrogen) atoms. The Hall–Kier alpha value is -5.55. The highest BCUT2D eigenvalue weighted by molar-refractivity contribution is 6.30. The number of non-ortho nitro benzene ring substituents is 1. The fraction of sp³-hybridized carbons (Fsp3) is 0.0667. The fourth-order valence-corrected chi connectivity index (χ4v) is 3.70. The molecule has 11 nitrogen and oxygen atoms in total. The number of nitrogens with zero attached hydrogens (tertiary/aromatic N) is 2. The molecule has 4 aromatic carbocycles. The number of nitro groups is 1. The van der Waals surface area contributed by atoms with Gasteiger partial charge in [-0.15, -0.1) is 0 Å². The van der Waals surface area contributed by atoms with Gasteiger partial charge in [0.05, 0.1) is 23.3 Å². The molecule has 2 amide bonds. The van der Waals surface area contributed by atoms with Gasteiger partial charge in [-0.3, -0.25) is 19.7 Å². The van der Waals surface area contributed by atoms with Crippen molar-refractivity contribution in [1.29, 1.82) is 0 Å². The first kappa shape index (κ1) is 29.4. The molecule has 0 radical (unpaired) electrons. The van der Waals surface area contributed by atoms with Crippen LogP contribution in [-0.2, 0) is 0 Å². The average Bonchev–Trinajstić information content (AvgIpc) is 2.99.